The highest BCUT2D eigenvalue weighted by Gasteiger charge is 2.36. The van der Waals surface area contributed by atoms with Gasteiger partial charge in [0.1, 0.15) is 0 Å². The predicted octanol–water partition coefficient (Wildman–Crippen LogP) is 1.38. The van der Waals surface area contributed by atoms with Crippen molar-refractivity contribution in [3.63, 3.8) is 0 Å². The summed E-state index contributed by atoms with van der Waals surface area (Å²) in [7, 11) is 0. The van der Waals surface area contributed by atoms with Gasteiger partial charge < -0.3 is 10.2 Å². The van der Waals surface area contributed by atoms with Crippen LogP contribution in [0.25, 0.3) is 0 Å². The van der Waals surface area contributed by atoms with Crippen LogP contribution >= 0.6 is 0 Å². The summed E-state index contributed by atoms with van der Waals surface area (Å²) in [5.41, 5.74) is 0. The van der Waals surface area contributed by atoms with Crippen LogP contribution in [0.2, 0.25) is 0 Å². The van der Waals surface area contributed by atoms with E-state index in [2.05, 4.69) is 18.2 Å². The third kappa shape index (κ3) is 4.96. The lowest BCUT2D eigenvalue weighted by Crippen LogP contribution is -2.30. The molecular weight excluding hydrogens is 262 g/mol. The largest absolute Gasteiger partial charge is 0.473 e. The van der Waals surface area contributed by atoms with Crippen LogP contribution in [0.15, 0.2) is 0 Å². The van der Waals surface area contributed by atoms with Gasteiger partial charge in [-0.25, -0.2) is 9.59 Å². The van der Waals surface area contributed by atoms with Crippen LogP contribution in [0, 0.1) is 57.7 Å². The van der Waals surface area contributed by atoms with Gasteiger partial charge >= 0.3 is 11.9 Å². The molecule has 20 heavy (non-hydrogen) atoms. The van der Waals surface area contributed by atoms with Crippen molar-refractivity contribution in [2.75, 3.05) is 0 Å². The molecule has 2 unspecified atom stereocenters. The molecule has 0 amide bonds. The molecule has 0 aliphatic heterocycles. The second-order valence-corrected chi connectivity index (χ2v) is 4.45. The van der Waals surface area contributed by atoms with E-state index in [-0.39, 0.29) is 23.7 Å². The van der Waals surface area contributed by atoms with E-state index in [1.165, 1.54) is 0 Å². The van der Waals surface area contributed by atoms with E-state index in [4.69, 9.17) is 35.6 Å². The first-order valence-electron chi connectivity index (χ1n) is 6.06. The number of carboxylic acid groups (broad SMARTS) is 2. The Labute approximate surface area is 116 Å². The number of nitrogens with zero attached hydrogens (tertiary/aromatic N) is 3. The van der Waals surface area contributed by atoms with Gasteiger partial charge in [-0.15, -0.1) is 0 Å². The van der Waals surface area contributed by atoms with Gasteiger partial charge in [-0.3, -0.25) is 0 Å². The maximum atomic E-state index is 9.10. The van der Waals surface area contributed by atoms with Crippen molar-refractivity contribution < 1.29 is 19.8 Å². The summed E-state index contributed by atoms with van der Waals surface area (Å²) >= 11 is 0. The molecule has 0 bridgehead atoms. The molecule has 0 aromatic heterocycles. The Morgan fingerprint density at radius 1 is 1.00 bits per heavy atom. The zero-order valence-electron chi connectivity index (χ0n) is 11.0. The number of rotatable bonds is 1. The van der Waals surface area contributed by atoms with Crippen molar-refractivity contribution in [3.8, 4) is 18.2 Å². The van der Waals surface area contributed by atoms with Gasteiger partial charge in [0.15, 0.2) is 0 Å². The van der Waals surface area contributed by atoms with Gasteiger partial charge in [0.05, 0.1) is 30.0 Å². The summed E-state index contributed by atoms with van der Waals surface area (Å²) in [5, 5.41) is 41.5. The fourth-order valence-electron chi connectivity index (χ4n) is 2.31. The second-order valence-electron chi connectivity index (χ2n) is 4.45. The minimum absolute atomic E-state index is 0.105. The molecule has 1 rings (SSSR count). The standard InChI is InChI=1S/C11H13N3.C2H2O4/c1-2-11-9(6-13)3-8(5-12)4-10(11)7-14;3-1(4)2(5)6/h8-11H,2-4H2,1H3;(H,3,4)(H,5,6). The van der Waals surface area contributed by atoms with Gasteiger partial charge in [0.25, 0.3) is 0 Å². The molecule has 1 aliphatic rings. The van der Waals surface area contributed by atoms with Gasteiger partial charge in [-0.05, 0) is 18.8 Å². The lowest BCUT2D eigenvalue weighted by Gasteiger charge is -2.32. The van der Waals surface area contributed by atoms with Gasteiger partial charge in [-0.2, -0.15) is 15.8 Å². The molecule has 0 aromatic carbocycles. The van der Waals surface area contributed by atoms with Crippen molar-refractivity contribution in [3.05, 3.63) is 0 Å². The highest BCUT2D eigenvalue weighted by molar-refractivity contribution is 6.27. The van der Waals surface area contributed by atoms with Crippen molar-refractivity contribution >= 4 is 11.9 Å². The monoisotopic (exact) mass is 277 g/mol. The zero-order chi connectivity index (χ0) is 15.7. The van der Waals surface area contributed by atoms with Crippen molar-refractivity contribution in [1.82, 2.24) is 0 Å². The minimum atomic E-state index is -1.82. The van der Waals surface area contributed by atoms with E-state index in [1.54, 1.807) is 0 Å². The Balaban J connectivity index is 0.000000511. The summed E-state index contributed by atoms with van der Waals surface area (Å²) in [6.45, 7) is 2.01. The highest BCUT2D eigenvalue weighted by atomic mass is 16.4. The molecule has 7 nitrogen and oxygen atoms in total. The fourth-order valence-corrected chi connectivity index (χ4v) is 2.31. The molecule has 1 aliphatic carbocycles. The average Bonchev–Trinajstić information content (AvgIpc) is 2.45. The maximum absolute atomic E-state index is 9.10. The van der Waals surface area contributed by atoms with Crippen LogP contribution in [0.3, 0.4) is 0 Å². The quantitative estimate of drug-likeness (QED) is 0.688. The maximum Gasteiger partial charge on any atom is 0.414 e. The molecule has 2 N–H and O–H groups in total. The molecule has 1 saturated carbocycles. The normalized spacial score (nSPS) is 27.7. The van der Waals surface area contributed by atoms with E-state index >= 15 is 0 Å². The van der Waals surface area contributed by atoms with Gasteiger partial charge in [-0.1, -0.05) is 13.3 Å². The topological polar surface area (TPSA) is 146 Å². The third-order valence-electron chi connectivity index (χ3n) is 3.28. The van der Waals surface area contributed by atoms with Gasteiger partial charge in [0.2, 0.25) is 0 Å². The Morgan fingerprint density at radius 3 is 1.60 bits per heavy atom. The SMILES string of the molecule is CCC1C(C#N)CC(C#N)CC1C#N.O=C(O)C(=O)O. The third-order valence-corrected chi connectivity index (χ3v) is 3.28. The second kappa shape index (κ2) is 8.50. The molecule has 0 spiro atoms. The number of hydrogen-bond acceptors (Lipinski definition) is 5. The smallest absolute Gasteiger partial charge is 0.414 e. The minimum Gasteiger partial charge on any atom is -0.473 e. The van der Waals surface area contributed by atoms with Gasteiger partial charge in [0, 0.05) is 5.92 Å². The zero-order valence-corrected chi connectivity index (χ0v) is 11.0. The van der Waals surface area contributed by atoms with Crippen LogP contribution in [0.4, 0.5) is 0 Å². The van der Waals surface area contributed by atoms with E-state index < -0.39 is 11.9 Å². The summed E-state index contributed by atoms with van der Waals surface area (Å²) in [4.78, 5) is 18.2. The van der Waals surface area contributed by atoms with Crippen LogP contribution in [0.5, 0.6) is 0 Å². The number of nitriles is 3. The number of hydrogen-bond donors (Lipinski definition) is 2. The molecule has 0 heterocycles. The summed E-state index contributed by atoms with van der Waals surface area (Å²) in [6.07, 6.45) is 2.14. The number of carboxylic acids is 2. The number of aliphatic carboxylic acids is 2. The summed E-state index contributed by atoms with van der Waals surface area (Å²) in [5.74, 6) is -3.81. The lowest BCUT2D eigenvalue weighted by molar-refractivity contribution is -0.159. The van der Waals surface area contributed by atoms with E-state index in [9.17, 15) is 0 Å². The first kappa shape index (κ1) is 17.4. The molecule has 2 atom stereocenters. The fraction of sp³-hybridized carbons (Fsp3) is 0.615. The molecule has 106 valence electrons. The Bertz CT molecular complexity index is 447. The van der Waals surface area contributed by atoms with E-state index in [1.807, 2.05) is 6.92 Å². The Morgan fingerprint density at radius 2 is 1.40 bits per heavy atom. The first-order chi connectivity index (χ1) is 9.40. The van der Waals surface area contributed by atoms with Crippen LogP contribution < -0.4 is 0 Å². The average molecular weight is 277 g/mol. The molecular formula is C13H15N3O4. The van der Waals surface area contributed by atoms with Crippen molar-refractivity contribution in [1.29, 1.82) is 15.8 Å². The predicted molar refractivity (Wildman–Crippen MR) is 65.6 cm³/mol. The molecule has 7 heteroatoms. The summed E-state index contributed by atoms with van der Waals surface area (Å²) < 4.78 is 0. The van der Waals surface area contributed by atoms with Crippen LogP contribution in [-0.2, 0) is 9.59 Å². The lowest BCUT2D eigenvalue weighted by atomic mass is 9.68. The Kier molecular flexibility index (Phi) is 7.40. The van der Waals surface area contributed by atoms with E-state index in [0.717, 1.165) is 6.42 Å². The van der Waals surface area contributed by atoms with E-state index in [0.29, 0.717) is 12.8 Å². The number of carbonyl (C=O) groups is 2. The molecule has 1 fully saturated rings. The van der Waals surface area contributed by atoms with Crippen molar-refractivity contribution in [2.45, 2.75) is 26.2 Å². The highest BCUT2D eigenvalue weighted by Crippen LogP contribution is 2.39. The Hall–Kier alpha value is -2.59. The molecule has 0 aromatic rings. The summed E-state index contributed by atoms with van der Waals surface area (Å²) in [6, 6.07) is 6.64. The molecule has 0 saturated heterocycles. The first-order valence-corrected chi connectivity index (χ1v) is 6.06. The van der Waals surface area contributed by atoms with Crippen LogP contribution in [-0.4, -0.2) is 22.2 Å². The van der Waals surface area contributed by atoms with Crippen molar-refractivity contribution in [2.24, 2.45) is 23.7 Å². The molecule has 0 radical (unpaired) electrons. The van der Waals surface area contributed by atoms with Crippen LogP contribution in [0.1, 0.15) is 26.2 Å².